The predicted octanol–water partition coefficient (Wildman–Crippen LogP) is 11.9. The molecule has 0 saturated carbocycles. The van der Waals surface area contributed by atoms with E-state index >= 15 is 0 Å². The highest BCUT2D eigenvalue weighted by Gasteiger charge is 2.37. The smallest absolute Gasteiger partial charge is 0.0540 e. The van der Waals surface area contributed by atoms with Gasteiger partial charge in [-0.25, -0.2) is 0 Å². The monoisotopic (exact) mass is 563 g/mol. The SMILES string of the molecule is CC1(C)c2ccc(N(c3ccc(-c4ccccc4)cc3)c3cccc4ccccc34)cc2-c2c(-c3ccccc3)cccc21. The summed E-state index contributed by atoms with van der Waals surface area (Å²) < 4.78 is 0. The van der Waals surface area contributed by atoms with E-state index < -0.39 is 0 Å². The van der Waals surface area contributed by atoms with Gasteiger partial charge in [-0.05, 0) is 80.2 Å². The summed E-state index contributed by atoms with van der Waals surface area (Å²) >= 11 is 0. The Morgan fingerprint density at radius 2 is 1.05 bits per heavy atom. The molecular formula is C43H33N. The number of nitrogens with zero attached hydrogens (tertiary/aromatic N) is 1. The average molecular weight is 564 g/mol. The Morgan fingerprint density at radius 3 is 1.82 bits per heavy atom. The summed E-state index contributed by atoms with van der Waals surface area (Å²) in [6, 6.07) is 59.6. The van der Waals surface area contributed by atoms with Crippen molar-refractivity contribution in [2.75, 3.05) is 4.90 Å². The molecule has 7 aromatic carbocycles. The maximum absolute atomic E-state index is 2.42. The molecule has 0 atom stereocenters. The van der Waals surface area contributed by atoms with E-state index in [1.54, 1.807) is 0 Å². The van der Waals surface area contributed by atoms with Gasteiger partial charge in [0.15, 0.2) is 0 Å². The second-order valence-electron chi connectivity index (χ2n) is 12.2. The summed E-state index contributed by atoms with van der Waals surface area (Å²) in [5.74, 6) is 0. The lowest BCUT2D eigenvalue weighted by molar-refractivity contribution is 0.660. The van der Waals surface area contributed by atoms with Crippen LogP contribution < -0.4 is 4.90 Å². The second kappa shape index (κ2) is 10.4. The van der Waals surface area contributed by atoms with Gasteiger partial charge in [0, 0.05) is 22.2 Å². The number of benzene rings is 7. The Labute approximate surface area is 259 Å². The fourth-order valence-electron chi connectivity index (χ4n) is 7.05. The molecule has 0 fully saturated rings. The number of rotatable bonds is 5. The first kappa shape index (κ1) is 26.2. The lowest BCUT2D eigenvalue weighted by Crippen LogP contribution is -2.15. The van der Waals surface area contributed by atoms with Gasteiger partial charge in [-0.1, -0.05) is 147 Å². The van der Waals surface area contributed by atoms with Gasteiger partial charge in [0.2, 0.25) is 0 Å². The van der Waals surface area contributed by atoms with Crippen LogP contribution in [0.3, 0.4) is 0 Å². The molecular weight excluding hydrogens is 530 g/mol. The Bertz CT molecular complexity index is 2120. The molecule has 0 radical (unpaired) electrons. The van der Waals surface area contributed by atoms with Gasteiger partial charge in [-0.15, -0.1) is 0 Å². The third kappa shape index (κ3) is 4.24. The van der Waals surface area contributed by atoms with Gasteiger partial charge in [0.25, 0.3) is 0 Å². The molecule has 0 aliphatic heterocycles. The van der Waals surface area contributed by atoms with Crippen molar-refractivity contribution in [1.29, 1.82) is 0 Å². The van der Waals surface area contributed by atoms with Gasteiger partial charge in [0.1, 0.15) is 0 Å². The molecule has 0 N–H and O–H groups in total. The van der Waals surface area contributed by atoms with E-state index in [2.05, 4.69) is 183 Å². The highest BCUT2D eigenvalue weighted by Crippen LogP contribution is 2.54. The van der Waals surface area contributed by atoms with Crippen LogP contribution in [0.1, 0.15) is 25.0 Å². The maximum atomic E-state index is 2.42. The number of hydrogen-bond acceptors (Lipinski definition) is 1. The summed E-state index contributed by atoms with van der Waals surface area (Å²) in [6.07, 6.45) is 0. The third-order valence-corrected chi connectivity index (χ3v) is 9.27. The molecule has 7 aromatic rings. The highest BCUT2D eigenvalue weighted by atomic mass is 15.1. The Morgan fingerprint density at radius 1 is 0.432 bits per heavy atom. The number of hydrogen-bond donors (Lipinski definition) is 0. The summed E-state index contributed by atoms with van der Waals surface area (Å²) in [6.45, 7) is 4.72. The van der Waals surface area contributed by atoms with E-state index in [0.29, 0.717) is 0 Å². The molecule has 0 spiro atoms. The zero-order valence-corrected chi connectivity index (χ0v) is 25.0. The number of anilines is 3. The summed E-state index contributed by atoms with van der Waals surface area (Å²) in [7, 11) is 0. The van der Waals surface area contributed by atoms with Crippen LogP contribution in [0.2, 0.25) is 0 Å². The van der Waals surface area contributed by atoms with E-state index in [9.17, 15) is 0 Å². The second-order valence-corrected chi connectivity index (χ2v) is 12.2. The maximum Gasteiger partial charge on any atom is 0.0540 e. The minimum absolute atomic E-state index is 0.0877. The first-order valence-electron chi connectivity index (χ1n) is 15.4. The topological polar surface area (TPSA) is 3.24 Å². The van der Waals surface area contributed by atoms with Crippen molar-refractivity contribution in [3.8, 4) is 33.4 Å². The average Bonchev–Trinajstić information content (AvgIpc) is 3.32. The Kier molecular flexibility index (Phi) is 6.20. The Balaban J connectivity index is 1.34. The normalized spacial score (nSPS) is 13.0. The standard InChI is InChI=1S/C43H33N/c1-43(2)39-28-27-35(29-38(39)42-37(20-12-21-40(42)43)33-15-7-4-8-16-33)44(41-22-11-18-32-17-9-10-19-36(32)41)34-25-23-31(24-26-34)30-13-5-3-6-14-30/h3-29H,1-2H3. The molecule has 1 aliphatic carbocycles. The van der Waals surface area contributed by atoms with Crippen LogP contribution >= 0.6 is 0 Å². The third-order valence-electron chi connectivity index (χ3n) is 9.27. The molecule has 0 saturated heterocycles. The van der Waals surface area contributed by atoms with E-state index in [4.69, 9.17) is 0 Å². The van der Waals surface area contributed by atoms with Crippen molar-refractivity contribution in [3.63, 3.8) is 0 Å². The lowest BCUT2D eigenvalue weighted by atomic mass is 9.82. The molecule has 0 amide bonds. The zero-order chi connectivity index (χ0) is 29.7. The summed E-state index contributed by atoms with van der Waals surface area (Å²) in [5.41, 5.74) is 13.8. The van der Waals surface area contributed by atoms with E-state index in [-0.39, 0.29) is 5.41 Å². The van der Waals surface area contributed by atoms with E-state index in [1.807, 2.05) is 0 Å². The zero-order valence-electron chi connectivity index (χ0n) is 25.0. The molecule has 210 valence electrons. The predicted molar refractivity (Wildman–Crippen MR) is 187 cm³/mol. The fraction of sp³-hybridized carbons (Fsp3) is 0.0698. The van der Waals surface area contributed by atoms with Crippen LogP contribution in [0, 0.1) is 0 Å². The summed E-state index contributed by atoms with van der Waals surface area (Å²) in [5, 5.41) is 2.46. The van der Waals surface area contributed by atoms with Crippen LogP contribution in [0.5, 0.6) is 0 Å². The molecule has 0 heterocycles. The van der Waals surface area contributed by atoms with E-state index in [0.717, 1.165) is 11.4 Å². The highest BCUT2D eigenvalue weighted by molar-refractivity contribution is 6.00. The molecule has 1 aliphatic rings. The van der Waals surface area contributed by atoms with Crippen molar-refractivity contribution in [1.82, 2.24) is 0 Å². The van der Waals surface area contributed by atoms with Crippen LogP contribution in [-0.4, -0.2) is 0 Å². The van der Waals surface area contributed by atoms with Gasteiger partial charge in [0.05, 0.1) is 5.69 Å². The van der Waals surface area contributed by atoms with Crippen molar-refractivity contribution in [2.24, 2.45) is 0 Å². The van der Waals surface area contributed by atoms with Crippen molar-refractivity contribution in [3.05, 3.63) is 175 Å². The first-order valence-corrected chi connectivity index (χ1v) is 15.4. The minimum Gasteiger partial charge on any atom is -0.310 e. The van der Waals surface area contributed by atoms with Crippen LogP contribution in [0.15, 0.2) is 164 Å². The van der Waals surface area contributed by atoms with E-state index in [1.165, 1.54) is 61.0 Å². The largest absolute Gasteiger partial charge is 0.310 e. The minimum atomic E-state index is -0.0877. The molecule has 0 unspecified atom stereocenters. The van der Waals surface area contributed by atoms with Crippen LogP contribution in [-0.2, 0) is 5.41 Å². The lowest BCUT2D eigenvalue weighted by Gasteiger charge is -2.28. The molecule has 1 heteroatoms. The van der Waals surface area contributed by atoms with Crippen LogP contribution in [0.25, 0.3) is 44.2 Å². The number of fused-ring (bicyclic) bond motifs is 4. The Hall–Kier alpha value is -5.40. The van der Waals surface area contributed by atoms with Gasteiger partial charge in [-0.3, -0.25) is 0 Å². The fourth-order valence-corrected chi connectivity index (χ4v) is 7.05. The molecule has 0 aromatic heterocycles. The van der Waals surface area contributed by atoms with Gasteiger partial charge in [-0.2, -0.15) is 0 Å². The van der Waals surface area contributed by atoms with Crippen molar-refractivity contribution >= 4 is 27.8 Å². The summed E-state index contributed by atoms with van der Waals surface area (Å²) in [4.78, 5) is 2.42. The van der Waals surface area contributed by atoms with Crippen molar-refractivity contribution < 1.29 is 0 Å². The van der Waals surface area contributed by atoms with Gasteiger partial charge < -0.3 is 4.90 Å². The quantitative estimate of drug-likeness (QED) is 0.201. The molecule has 0 bridgehead atoms. The molecule has 44 heavy (non-hydrogen) atoms. The van der Waals surface area contributed by atoms with Crippen molar-refractivity contribution in [2.45, 2.75) is 19.3 Å². The van der Waals surface area contributed by atoms with Gasteiger partial charge >= 0.3 is 0 Å². The first-order chi connectivity index (χ1) is 21.6. The van der Waals surface area contributed by atoms with Crippen LogP contribution in [0.4, 0.5) is 17.1 Å². The molecule has 1 nitrogen and oxygen atoms in total. The molecule has 8 rings (SSSR count).